The summed E-state index contributed by atoms with van der Waals surface area (Å²) in [6.45, 7) is 3.56. The molecular formula is C11H15NO4S. The number of rotatable bonds is 4. The molecule has 5 nitrogen and oxygen atoms in total. The summed E-state index contributed by atoms with van der Waals surface area (Å²) in [5, 5.41) is 18.6. The minimum atomic E-state index is -1.08. The number of carbonyl (C=O) groups is 2. The van der Waals surface area contributed by atoms with Crippen LogP contribution >= 0.6 is 11.8 Å². The molecule has 2 N–H and O–H groups in total. The molecule has 4 atom stereocenters. The number of nitrogens with zero attached hydrogens (tertiary/aromatic N) is 1. The lowest BCUT2D eigenvalue weighted by atomic mass is 9.83. The van der Waals surface area contributed by atoms with Crippen molar-refractivity contribution in [2.45, 2.75) is 31.2 Å². The standard InChI is InChI=1S/C11H15NO4S/c1-3-17-7-4-6(11(15)16)12-9(7)8(5(2)13)10(12)14/h4-5,7-9,13H,3H2,1-2H3,(H,15,16)/t5-,7?,8?,9-/m1/s1. The monoisotopic (exact) mass is 257 g/mol. The molecule has 0 aromatic rings. The Morgan fingerprint density at radius 1 is 1.65 bits per heavy atom. The van der Waals surface area contributed by atoms with Crippen molar-refractivity contribution in [3.63, 3.8) is 0 Å². The Labute approximate surface area is 103 Å². The molecule has 94 valence electrons. The van der Waals surface area contributed by atoms with Crippen molar-refractivity contribution < 1.29 is 19.8 Å². The summed E-state index contributed by atoms with van der Waals surface area (Å²) in [4.78, 5) is 24.1. The molecular weight excluding hydrogens is 242 g/mol. The summed E-state index contributed by atoms with van der Waals surface area (Å²) in [7, 11) is 0. The van der Waals surface area contributed by atoms with Gasteiger partial charge in [-0.3, -0.25) is 4.79 Å². The second-order valence-electron chi connectivity index (χ2n) is 4.24. The summed E-state index contributed by atoms with van der Waals surface area (Å²) in [6, 6.07) is -0.196. The van der Waals surface area contributed by atoms with Gasteiger partial charge in [-0.15, -0.1) is 0 Å². The van der Waals surface area contributed by atoms with Crippen LogP contribution in [0.5, 0.6) is 0 Å². The molecule has 2 unspecified atom stereocenters. The second kappa shape index (κ2) is 4.34. The quantitative estimate of drug-likeness (QED) is 0.708. The predicted octanol–water partition coefficient (Wildman–Crippen LogP) is 0.298. The average Bonchev–Trinajstić information content (AvgIpc) is 2.53. The number of aliphatic carboxylic acids is 1. The number of β-lactam (4-membered cyclic amide) rings is 1. The first-order valence-electron chi connectivity index (χ1n) is 5.56. The number of hydrogen-bond acceptors (Lipinski definition) is 4. The van der Waals surface area contributed by atoms with E-state index in [0.717, 1.165) is 5.75 Å². The van der Waals surface area contributed by atoms with Crippen LogP contribution in [0.3, 0.4) is 0 Å². The van der Waals surface area contributed by atoms with Crippen molar-refractivity contribution in [3.8, 4) is 0 Å². The molecule has 1 saturated heterocycles. The number of fused-ring (bicyclic) bond motifs is 1. The number of carboxylic acids is 1. The van der Waals surface area contributed by atoms with Crippen LogP contribution in [-0.4, -0.2) is 50.1 Å². The zero-order valence-electron chi connectivity index (χ0n) is 9.66. The lowest BCUT2D eigenvalue weighted by Crippen LogP contribution is -2.64. The first kappa shape index (κ1) is 12.4. The third kappa shape index (κ3) is 1.75. The van der Waals surface area contributed by atoms with Crippen LogP contribution in [0.2, 0.25) is 0 Å². The molecule has 0 spiro atoms. The molecule has 2 rings (SSSR count). The van der Waals surface area contributed by atoms with Crippen LogP contribution in [0.4, 0.5) is 0 Å². The van der Waals surface area contributed by atoms with Gasteiger partial charge in [-0.05, 0) is 18.8 Å². The molecule has 6 heteroatoms. The highest BCUT2D eigenvalue weighted by Gasteiger charge is 2.58. The smallest absolute Gasteiger partial charge is 0.352 e. The van der Waals surface area contributed by atoms with E-state index in [1.54, 1.807) is 24.8 Å². The summed E-state index contributed by atoms with van der Waals surface area (Å²) >= 11 is 1.60. The van der Waals surface area contributed by atoms with Gasteiger partial charge in [-0.1, -0.05) is 6.92 Å². The fourth-order valence-electron chi connectivity index (χ4n) is 2.50. The number of carbonyl (C=O) groups excluding carboxylic acids is 1. The van der Waals surface area contributed by atoms with Crippen molar-refractivity contribution >= 4 is 23.6 Å². The van der Waals surface area contributed by atoms with Crippen molar-refractivity contribution in [2.75, 3.05) is 5.75 Å². The number of carboxylic acid groups (broad SMARTS) is 1. The van der Waals surface area contributed by atoms with Gasteiger partial charge in [0.1, 0.15) is 5.70 Å². The third-order valence-electron chi connectivity index (χ3n) is 3.20. The fourth-order valence-corrected chi connectivity index (χ4v) is 3.60. The Kier molecular flexibility index (Phi) is 3.18. The largest absolute Gasteiger partial charge is 0.477 e. The molecule has 1 fully saturated rings. The molecule has 2 heterocycles. The lowest BCUT2D eigenvalue weighted by Gasteiger charge is -2.46. The van der Waals surface area contributed by atoms with E-state index in [9.17, 15) is 14.7 Å². The molecule has 0 radical (unpaired) electrons. The zero-order valence-corrected chi connectivity index (χ0v) is 10.5. The molecule has 0 aromatic heterocycles. The van der Waals surface area contributed by atoms with Crippen LogP contribution in [0.1, 0.15) is 13.8 Å². The maximum absolute atomic E-state index is 11.8. The van der Waals surface area contributed by atoms with Gasteiger partial charge < -0.3 is 15.1 Å². The van der Waals surface area contributed by atoms with Crippen LogP contribution < -0.4 is 0 Å². The highest BCUT2D eigenvalue weighted by Crippen LogP contribution is 2.44. The van der Waals surface area contributed by atoms with E-state index in [1.807, 2.05) is 6.92 Å². The zero-order chi connectivity index (χ0) is 12.7. The van der Waals surface area contributed by atoms with Gasteiger partial charge in [-0.25, -0.2) is 4.79 Å². The van der Waals surface area contributed by atoms with Gasteiger partial charge in [0, 0.05) is 5.25 Å². The minimum Gasteiger partial charge on any atom is -0.477 e. The Morgan fingerprint density at radius 3 is 2.76 bits per heavy atom. The number of amides is 1. The first-order chi connectivity index (χ1) is 7.99. The summed E-state index contributed by atoms with van der Waals surface area (Å²) in [6.07, 6.45) is 0.895. The molecule has 2 aliphatic rings. The van der Waals surface area contributed by atoms with Crippen LogP contribution in [0.15, 0.2) is 11.8 Å². The fraction of sp³-hybridized carbons (Fsp3) is 0.636. The van der Waals surface area contributed by atoms with Crippen molar-refractivity contribution in [2.24, 2.45) is 5.92 Å². The van der Waals surface area contributed by atoms with Gasteiger partial charge in [0.25, 0.3) is 0 Å². The van der Waals surface area contributed by atoms with E-state index in [1.165, 1.54) is 4.90 Å². The Hall–Kier alpha value is -1.01. The van der Waals surface area contributed by atoms with E-state index in [0.29, 0.717) is 0 Å². The maximum Gasteiger partial charge on any atom is 0.352 e. The van der Waals surface area contributed by atoms with Crippen molar-refractivity contribution in [1.29, 1.82) is 0 Å². The number of hydrogen-bond donors (Lipinski definition) is 2. The molecule has 17 heavy (non-hydrogen) atoms. The van der Waals surface area contributed by atoms with Gasteiger partial charge >= 0.3 is 5.97 Å². The maximum atomic E-state index is 11.8. The molecule has 0 bridgehead atoms. The summed E-state index contributed by atoms with van der Waals surface area (Å²) in [5.74, 6) is -0.976. The van der Waals surface area contributed by atoms with E-state index in [-0.39, 0.29) is 22.9 Å². The van der Waals surface area contributed by atoms with Gasteiger partial charge in [0.2, 0.25) is 5.91 Å². The van der Waals surface area contributed by atoms with Gasteiger partial charge in [0.15, 0.2) is 0 Å². The van der Waals surface area contributed by atoms with Crippen LogP contribution in [0.25, 0.3) is 0 Å². The molecule has 2 aliphatic heterocycles. The van der Waals surface area contributed by atoms with Gasteiger partial charge in [0.05, 0.1) is 18.1 Å². The highest BCUT2D eigenvalue weighted by molar-refractivity contribution is 8.00. The minimum absolute atomic E-state index is 0.0246. The lowest BCUT2D eigenvalue weighted by molar-refractivity contribution is -0.160. The molecule has 0 aromatic carbocycles. The van der Waals surface area contributed by atoms with Crippen molar-refractivity contribution in [1.82, 2.24) is 4.90 Å². The highest BCUT2D eigenvalue weighted by atomic mass is 32.2. The first-order valence-corrected chi connectivity index (χ1v) is 6.61. The normalized spacial score (nSPS) is 32.9. The molecule has 0 saturated carbocycles. The number of thioether (sulfide) groups is 1. The van der Waals surface area contributed by atoms with Crippen LogP contribution in [-0.2, 0) is 9.59 Å². The molecule has 1 amide bonds. The van der Waals surface area contributed by atoms with Crippen LogP contribution in [0, 0.1) is 5.92 Å². The van der Waals surface area contributed by atoms with E-state index >= 15 is 0 Å². The van der Waals surface area contributed by atoms with E-state index in [2.05, 4.69) is 0 Å². The Balaban J connectivity index is 2.25. The van der Waals surface area contributed by atoms with E-state index in [4.69, 9.17) is 5.11 Å². The SMILES string of the molecule is CCSC1C=C(C(=O)O)N2C(=O)C([C@@H](C)O)[C@@H]12. The number of aliphatic hydroxyl groups excluding tert-OH is 1. The Bertz CT molecular complexity index is 393. The number of aliphatic hydroxyl groups is 1. The van der Waals surface area contributed by atoms with E-state index < -0.39 is 18.0 Å². The topological polar surface area (TPSA) is 77.8 Å². The predicted molar refractivity (Wildman–Crippen MR) is 63.4 cm³/mol. The second-order valence-corrected chi connectivity index (χ2v) is 5.70. The Morgan fingerprint density at radius 2 is 2.29 bits per heavy atom. The average molecular weight is 257 g/mol. The summed E-state index contributed by atoms with van der Waals surface area (Å²) < 4.78 is 0. The van der Waals surface area contributed by atoms with Gasteiger partial charge in [-0.2, -0.15) is 11.8 Å². The molecule has 0 aliphatic carbocycles. The third-order valence-corrected chi connectivity index (χ3v) is 4.34. The summed E-state index contributed by atoms with van der Waals surface area (Å²) in [5.41, 5.74) is 0.0582. The van der Waals surface area contributed by atoms with Crippen molar-refractivity contribution in [3.05, 3.63) is 11.8 Å².